The lowest BCUT2D eigenvalue weighted by Gasteiger charge is -2.38. The first-order valence-corrected chi connectivity index (χ1v) is 4.83. The van der Waals surface area contributed by atoms with Crippen molar-refractivity contribution in [2.75, 3.05) is 0 Å². The van der Waals surface area contributed by atoms with Crippen LogP contribution in [0.15, 0.2) is 16.9 Å². The average molecular weight is 193 g/mol. The summed E-state index contributed by atoms with van der Waals surface area (Å²) in [4.78, 5) is 13.7. The first-order valence-electron chi connectivity index (χ1n) is 4.83. The van der Waals surface area contributed by atoms with Gasteiger partial charge in [0.25, 0.3) is 0 Å². The van der Waals surface area contributed by atoms with Gasteiger partial charge in [-0.3, -0.25) is 4.79 Å². The highest BCUT2D eigenvalue weighted by atomic mass is 16.3. The predicted molar refractivity (Wildman–Crippen MR) is 52.7 cm³/mol. The Morgan fingerprint density at radius 2 is 1.93 bits per heavy atom. The SMILES string of the molecule is CC(C)(C)N1Cc2cocc2CC1=O. The first-order chi connectivity index (χ1) is 6.48. The van der Waals surface area contributed by atoms with Crippen LogP contribution in [-0.4, -0.2) is 16.3 Å². The van der Waals surface area contributed by atoms with E-state index in [9.17, 15) is 4.79 Å². The van der Waals surface area contributed by atoms with Gasteiger partial charge >= 0.3 is 0 Å². The van der Waals surface area contributed by atoms with Gasteiger partial charge in [-0.1, -0.05) is 0 Å². The van der Waals surface area contributed by atoms with E-state index in [0.29, 0.717) is 13.0 Å². The molecular weight excluding hydrogens is 178 g/mol. The zero-order chi connectivity index (χ0) is 10.3. The Morgan fingerprint density at radius 1 is 1.29 bits per heavy atom. The van der Waals surface area contributed by atoms with Crippen LogP contribution in [0.25, 0.3) is 0 Å². The van der Waals surface area contributed by atoms with Crippen LogP contribution in [0.2, 0.25) is 0 Å². The number of furan rings is 1. The quantitative estimate of drug-likeness (QED) is 0.631. The summed E-state index contributed by atoms with van der Waals surface area (Å²) in [6.45, 7) is 6.83. The molecule has 0 unspecified atom stereocenters. The molecule has 14 heavy (non-hydrogen) atoms. The fraction of sp³-hybridized carbons (Fsp3) is 0.545. The van der Waals surface area contributed by atoms with Crippen LogP contribution < -0.4 is 0 Å². The van der Waals surface area contributed by atoms with E-state index in [1.807, 2.05) is 4.90 Å². The van der Waals surface area contributed by atoms with Crippen molar-refractivity contribution in [1.82, 2.24) is 4.90 Å². The number of rotatable bonds is 0. The van der Waals surface area contributed by atoms with E-state index >= 15 is 0 Å². The molecule has 1 aliphatic rings. The van der Waals surface area contributed by atoms with E-state index in [-0.39, 0.29) is 11.4 Å². The van der Waals surface area contributed by atoms with Gasteiger partial charge in [0.1, 0.15) is 0 Å². The fourth-order valence-electron chi connectivity index (χ4n) is 1.77. The summed E-state index contributed by atoms with van der Waals surface area (Å²) in [6.07, 6.45) is 3.89. The second kappa shape index (κ2) is 2.87. The summed E-state index contributed by atoms with van der Waals surface area (Å²) < 4.78 is 5.10. The molecule has 0 bridgehead atoms. The Hall–Kier alpha value is -1.25. The molecule has 0 aliphatic carbocycles. The number of nitrogens with zero attached hydrogens (tertiary/aromatic N) is 1. The minimum absolute atomic E-state index is 0.105. The molecule has 0 saturated carbocycles. The zero-order valence-electron chi connectivity index (χ0n) is 8.83. The molecule has 0 spiro atoms. The van der Waals surface area contributed by atoms with Crippen molar-refractivity contribution in [3.05, 3.63) is 23.7 Å². The van der Waals surface area contributed by atoms with Crippen molar-refractivity contribution >= 4 is 5.91 Å². The Balaban J connectivity index is 2.31. The van der Waals surface area contributed by atoms with E-state index < -0.39 is 0 Å². The molecule has 0 fully saturated rings. The van der Waals surface area contributed by atoms with E-state index in [1.165, 1.54) is 0 Å². The molecule has 2 rings (SSSR count). The molecule has 0 atom stereocenters. The highest BCUT2D eigenvalue weighted by Gasteiger charge is 2.31. The third-order valence-electron chi connectivity index (χ3n) is 2.61. The van der Waals surface area contributed by atoms with Crippen LogP contribution in [-0.2, 0) is 17.8 Å². The number of carbonyl (C=O) groups excluding carboxylic acids is 1. The van der Waals surface area contributed by atoms with Gasteiger partial charge in [0, 0.05) is 23.2 Å². The monoisotopic (exact) mass is 193 g/mol. The Morgan fingerprint density at radius 3 is 2.57 bits per heavy atom. The van der Waals surface area contributed by atoms with Crippen molar-refractivity contribution < 1.29 is 9.21 Å². The largest absolute Gasteiger partial charge is 0.472 e. The Labute approximate surface area is 83.7 Å². The fourth-order valence-corrected chi connectivity index (χ4v) is 1.77. The van der Waals surface area contributed by atoms with E-state index in [1.54, 1.807) is 12.5 Å². The molecule has 3 nitrogen and oxygen atoms in total. The van der Waals surface area contributed by atoms with Crippen LogP contribution >= 0.6 is 0 Å². The van der Waals surface area contributed by atoms with Crippen molar-refractivity contribution in [2.24, 2.45) is 0 Å². The smallest absolute Gasteiger partial charge is 0.227 e. The van der Waals surface area contributed by atoms with E-state index in [4.69, 9.17) is 4.42 Å². The van der Waals surface area contributed by atoms with Gasteiger partial charge in [0.15, 0.2) is 0 Å². The topological polar surface area (TPSA) is 33.5 Å². The predicted octanol–water partition coefficient (Wildman–Crippen LogP) is 1.96. The van der Waals surface area contributed by atoms with Crippen molar-refractivity contribution in [3.8, 4) is 0 Å². The molecule has 0 saturated heterocycles. The first kappa shape index (κ1) is 9.31. The van der Waals surface area contributed by atoms with Crippen LogP contribution in [0.5, 0.6) is 0 Å². The lowest BCUT2D eigenvalue weighted by Crippen LogP contribution is -2.47. The van der Waals surface area contributed by atoms with Crippen LogP contribution in [0.1, 0.15) is 31.9 Å². The summed E-state index contributed by atoms with van der Waals surface area (Å²) in [5, 5.41) is 0. The molecule has 1 amide bonds. The van der Waals surface area contributed by atoms with Gasteiger partial charge < -0.3 is 9.32 Å². The second-order valence-electron chi connectivity index (χ2n) is 4.75. The number of hydrogen-bond acceptors (Lipinski definition) is 2. The molecule has 0 radical (unpaired) electrons. The number of fused-ring (bicyclic) bond motifs is 1. The molecule has 1 aromatic heterocycles. The number of carbonyl (C=O) groups is 1. The molecular formula is C11H15NO2. The van der Waals surface area contributed by atoms with E-state index in [0.717, 1.165) is 11.1 Å². The maximum atomic E-state index is 11.8. The molecule has 0 N–H and O–H groups in total. The van der Waals surface area contributed by atoms with Gasteiger partial charge in [0.05, 0.1) is 18.9 Å². The van der Waals surface area contributed by atoms with Crippen molar-refractivity contribution in [3.63, 3.8) is 0 Å². The lowest BCUT2D eigenvalue weighted by molar-refractivity contribution is -0.136. The zero-order valence-corrected chi connectivity index (χ0v) is 8.83. The van der Waals surface area contributed by atoms with Crippen LogP contribution in [0.3, 0.4) is 0 Å². The summed E-state index contributed by atoms with van der Waals surface area (Å²) >= 11 is 0. The van der Waals surface area contributed by atoms with Gasteiger partial charge in [0.2, 0.25) is 5.91 Å². The maximum Gasteiger partial charge on any atom is 0.227 e. The highest BCUT2D eigenvalue weighted by molar-refractivity contribution is 5.81. The minimum Gasteiger partial charge on any atom is -0.472 e. The standard InChI is InChI=1S/C11H15NO2/c1-11(2,3)12-5-9-7-14-6-8(9)4-10(12)13/h6-7H,4-5H2,1-3H3. The highest BCUT2D eigenvalue weighted by Crippen LogP contribution is 2.26. The summed E-state index contributed by atoms with van der Waals surface area (Å²) in [7, 11) is 0. The normalized spacial score (nSPS) is 17.1. The minimum atomic E-state index is -0.105. The summed E-state index contributed by atoms with van der Waals surface area (Å²) in [6, 6.07) is 0. The van der Waals surface area contributed by atoms with Gasteiger partial charge in [-0.25, -0.2) is 0 Å². The van der Waals surface area contributed by atoms with Crippen molar-refractivity contribution in [1.29, 1.82) is 0 Å². The Kier molecular flexibility index (Phi) is 1.91. The third-order valence-corrected chi connectivity index (χ3v) is 2.61. The molecule has 1 aliphatic heterocycles. The Bertz CT molecular complexity index is 360. The average Bonchev–Trinajstić information content (AvgIpc) is 2.47. The third kappa shape index (κ3) is 1.43. The van der Waals surface area contributed by atoms with Crippen molar-refractivity contribution in [2.45, 2.75) is 39.3 Å². The molecule has 76 valence electrons. The van der Waals surface area contributed by atoms with E-state index in [2.05, 4.69) is 20.8 Å². The van der Waals surface area contributed by atoms with Crippen LogP contribution in [0.4, 0.5) is 0 Å². The van der Waals surface area contributed by atoms with Crippen LogP contribution in [0, 0.1) is 0 Å². The molecule has 0 aromatic carbocycles. The van der Waals surface area contributed by atoms with Gasteiger partial charge in [-0.05, 0) is 20.8 Å². The molecule has 2 heterocycles. The lowest BCUT2D eigenvalue weighted by atomic mass is 9.98. The number of amides is 1. The van der Waals surface area contributed by atoms with Gasteiger partial charge in [-0.2, -0.15) is 0 Å². The second-order valence-corrected chi connectivity index (χ2v) is 4.75. The molecule has 3 heteroatoms. The summed E-state index contributed by atoms with van der Waals surface area (Å²) in [5.41, 5.74) is 2.07. The number of hydrogen-bond donors (Lipinski definition) is 0. The van der Waals surface area contributed by atoms with Gasteiger partial charge in [-0.15, -0.1) is 0 Å². The molecule has 1 aromatic rings. The summed E-state index contributed by atoms with van der Waals surface area (Å²) in [5.74, 6) is 0.186. The maximum absolute atomic E-state index is 11.8.